The molecule has 0 saturated heterocycles. The Morgan fingerprint density at radius 2 is 1.65 bits per heavy atom. The predicted molar refractivity (Wildman–Crippen MR) is 94.6 cm³/mol. The molecule has 26 heavy (non-hydrogen) atoms. The molecule has 2 aromatic carbocycles. The monoisotopic (exact) mass is 361 g/mol. The van der Waals surface area contributed by atoms with Crippen LogP contribution in [0.2, 0.25) is 0 Å². The number of hydrogen-bond donors (Lipinski definition) is 1. The Hall–Kier alpha value is -2.89. The summed E-state index contributed by atoms with van der Waals surface area (Å²) in [6, 6.07) is 11.9. The third-order valence-electron chi connectivity index (χ3n) is 3.80. The van der Waals surface area contributed by atoms with Crippen molar-refractivity contribution < 1.29 is 22.8 Å². The molecule has 1 amide bonds. The summed E-state index contributed by atoms with van der Waals surface area (Å²) in [5.74, 6) is -1.42. The van der Waals surface area contributed by atoms with Gasteiger partial charge in [0.15, 0.2) is 5.78 Å². The SMILES string of the molecule is CCc1ccc(/C=C(\C(C)=O)C(=O)Nc2ccccc2C(F)(F)F)cc1. The average Bonchev–Trinajstić information content (AvgIpc) is 2.59. The lowest BCUT2D eigenvalue weighted by molar-refractivity contribution is -0.137. The number of ketones is 1. The molecule has 0 atom stereocenters. The molecule has 0 heterocycles. The Kier molecular flexibility index (Phi) is 5.97. The van der Waals surface area contributed by atoms with Gasteiger partial charge in [-0.3, -0.25) is 9.59 Å². The van der Waals surface area contributed by atoms with Crippen LogP contribution in [0.5, 0.6) is 0 Å². The number of Topliss-reactive ketones (excluding diaryl/α,β-unsaturated/α-hetero) is 1. The van der Waals surface area contributed by atoms with E-state index in [4.69, 9.17) is 0 Å². The molecular formula is C20H18F3NO2. The minimum absolute atomic E-state index is 0.216. The summed E-state index contributed by atoms with van der Waals surface area (Å²) in [7, 11) is 0. The van der Waals surface area contributed by atoms with Crippen LogP contribution in [0.15, 0.2) is 54.1 Å². The average molecular weight is 361 g/mol. The van der Waals surface area contributed by atoms with E-state index >= 15 is 0 Å². The lowest BCUT2D eigenvalue weighted by Crippen LogP contribution is -2.21. The number of rotatable bonds is 5. The molecule has 0 aliphatic heterocycles. The van der Waals surface area contributed by atoms with Gasteiger partial charge in [-0.2, -0.15) is 13.2 Å². The van der Waals surface area contributed by atoms with Crippen LogP contribution >= 0.6 is 0 Å². The summed E-state index contributed by atoms with van der Waals surface area (Å²) in [6.07, 6.45) is -2.40. The van der Waals surface area contributed by atoms with E-state index in [0.717, 1.165) is 24.1 Å². The van der Waals surface area contributed by atoms with Crippen LogP contribution in [-0.4, -0.2) is 11.7 Å². The topological polar surface area (TPSA) is 46.2 Å². The van der Waals surface area contributed by atoms with Crippen molar-refractivity contribution in [2.45, 2.75) is 26.4 Å². The highest BCUT2D eigenvalue weighted by molar-refractivity contribution is 6.25. The fourth-order valence-electron chi connectivity index (χ4n) is 2.37. The van der Waals surface area contributed by atoms with Gasteiger partial charge in [-0.1, -0.05) is 43.3 Å². The molecule has 2 rings (SSSR count). The summed E-state index contributed by atoms with van der Waals surface area (Å²) in [6.45, 7) is 3.19. The summed E-state index contributed by atoms with van der Waals surface area (Å²) in [4.78, 5) is 24.2. The zero-order valence-corrected chi connectivity index (χ0v) is 14.4. The Balaban J connectivity index is 2.33. The second-order valence-corrected chi connectivity index (χ2v) is 5.71. The molecule has 0 radical (unpaired) electrons. The van der Waals surface area contributed by atoms with Crippen LogP contribution < -0.4 is 5.32 Å². The lowest BCUT2D eigenvalue weighted by atomic mass is 10.0. The number of para-hydroxylation sites is 1. The first-order valence-electron chi connectivity index (χ1n) is 8.01. The highest BCUT2D eigenvalue weighted by atomic mass is 19.4. The van der Waals surface area contributed by atoms with Crippen molar-refractivity contribution in [3.63, 3.8) is 0 Å². The van der Waals surface area contributed by atoms with Gasteiger partial charge >= 0.3 is 6.18 Å². The number of anilines is 1. The van der Waals surface area contributed by atoms with Gasteiger partial charge in [0, 0.05) is 0 Å². The molecule has 6 heteroatoms. The van der Waals surface area contributed by atoms with E-state index in [-0.39, 0.29) is 5.57 Å². The van der Waals surface area contributed by atoms with Gasteiger partial charge in [0.25, 0.3) is 5.91 Å². The van der Waals surface area contributed by atoms with Crippen molar-refractivity contribution in [3.05, 3.63) is 70.8 Å². The van der Waals surface area contributed by atoms with E-state index in [0.29, 0.717) is 5.56 Å². The first kappa shape index (κ1) is 19.4. The van der Waals surface area contributed by atoms with Crippen LogP contribution in [-0.2, 0) is 22.2 Å². The minimum Gasteiger partial charge on any atom is -0.321 e. The van der Waals surface area contributed by atoms with Gasteiger partial charge in [-0.05, 0) is 42.7 Å². The molecule has 0 aromatic heterocycles. The number of nitrogens with one attached hydrogen (secondary N) is 1. The van der Waals surface area contributed by atoms with Gasteiger partial charge in [-0.15, -0.1) is 0 Å². The third-order valence-corrected chi connectivity index (χ3v) is 3.80. The number of carbonyl (C=O) groups excluding carboxylic acids is 2. The van der Waals surface area contributed by atoms with Crippen LogP contribution in [0.25, 0.3) is 6.08 Å². The van der Waals surface area contributed by atoms with Crippen molar-refractivity contribution >= 4 is 23.5 Å². The molecule has 0 bridgehead atoms. The Bertz CT molecular complexity index is 837. The molecule has 0 spiro atoms. The number of hydrogen-bond acceptors (Lipinski definition) is 2. The molecule has 1 N–H and O–H groups in total. The zero-order chi connectivity index (χ0) is 19.3. The molecule has 3 nitrogen and oxygen atoms in total. The smallest absolute Gasteiger partial charge is 0.321 e. The van der Waals surface area contributed by atoms with Crippen molar-refractivity contribution in [3.8, 4) is 0 Å². The summed E-state index contributed by atoms with van der Waals surface area (Å²) < 4.78 is 39.1. The quantitative estimate of drug-likeness (QED) is 0.469. The van der Waals surface area contributed by atoms with Gasteiger partial charge < -0.3 is 5.32 Å². The summed E-state index contributed by atoms with van der Waals surface area (Å²) in [5.41, 5.74) is 0.134. The van der Waals surface area contributed by atoms with E-state index in [9.17, 15) is 22.8 Å². The maximum absolute atomic E-state index is 13.0. The Morgan fingerprint density at radius 3 is 2.19 bits per heavy atom. The highest BCUT2D eigenvalue weighted by Crippen LogP contribution is 2.34. The standard InChI is InChI=1S/C20H18F3NO2/c1-3-14-8-10-15(11-9-14)12-16(13(2)25)19(26)24-18-7-5-4-6-17(18)20(21,22)23/h4-12H,3H2,1-2H3,(H,24,26)/b16-12+. The third kappa shape index (κ3) is 4.81. The van der Waals surface area contributed by atoms with Crippen LogP contribution in [0.1, 0.15) is 30.5 Å². The molecule has 0 saturated carbocycles. The summed E-state index contributed by atoms with van der Waals surface area (Å²) >= 11 is 0. The maximum atomic E-state index is 13.0. The predicted octanol–water partition coefficient (Wildman–Crippen LogP) is 4.88. The maximum Gasteiger partial charge on any atom is 0.418 e. The number of aryl methyl sites for hydroxylation is 1. The molecule has 0 aliphatic carbocycles. The number of alkyl halides is 3. The van der Waals surface area contributed by atoms with Crippen molar-refractivity contribution in [2.75, 3.05) is 5.32 Å². The Morgan fingerprint density at radius 1 is 1.04 bits per heavy atom. The molecule has 2 aromatic rings. The van der Waals surface area contributed by atoms with Crippen LogP contribution in [0, 0.1) is 0 Å². The lowest BCUT2D eigenvalue weighted by Gasteiger charge is -2.14. The molecule has 0 aliphatic rings. The minimum atomic E-state index is -4.61. The van der Waals surface area contributed by atoms with E-state index in [2.05, 4.69) is 5.32 Å². The first-order valence-corrected chi connectivity index (χ1v) is 8.01. The van der Waals surface area contributed by atoms with Gasteiger partial charge in [0.05, 0.1) is 16.8 Å². The highest BCUT2D eigenvalue weighted by Gasteiger charge is 2.33. The molecular weight excluding hydrogens is 343 g/mol. The summed E-state index contributed by atoms with van der Waals surface area (Å²) in [5, 5.41) is 2.19. The van der Waals surface area contributed by atoms with E-state index in [1.54, 1.807) is 12.1 Å². The van der Waals surface area contributed by atoms with Gasteiger partial charge in [0.2, 0.25) is 0 Å². The van der Waals surface area contributed by atoms with Crippen molar-refractivity contribution in [1.29, 1.82) is 0 Å². The first-order chi connectivity index (χ1) is 12.2. The molecule has 0 unspecified atom stereocenters. The molecule has 136 valence electrons. The zero-order valence-electron chi connectivity index (χ0n) is 14.4. The largest absolute Gasteiger partial charge is 0.418 e. The normalized spacial score (nSPS) is 12.0. The van der Waals surface area contributed by atoms with Gasteiger partial charge in [-0.25, -0.2) is 0 Å². The fraction of sp³-hybridized carbons (Fsp3) is 0.200. The van der Waals surface area contributed by atoms with Crippen LogP contribution in [0.3, 0.4) is 0 Å². The molecule has 0 fully saturated rings. The van der Waals surface area contributed by atoms with Crippen LogP contribution in [0.4, 0.5) is 18.9 Å². The second-order valence-electron chi connectivity index (χ2n) is 5.71. The fourth-order valence-corrected chi connectivity index (χ4v) is 2.37. The van der Waals surface area contributed by atoms with Crippen molar-refractivity contribution in [1.82, 2.24) is 0 Å². The number of amides is 1. The Labute approximate surface area is 149 Å². The van der Waals surface area contributed by atoms with Crippen molar-refractivity contribution in [2.24, 2.45) is 0 Å². The van der Waals surface area contributed by atoms with E-state index in [1.165, 1.54) is 25.1 Å². The second kappa shape index (κ2) is 7.99. The van der Waals surface area contributed by atoms with Gasteiger partial charge in [0.1, 0.15) is 0 Å². The van der Waals surface area contributed by atoms with E-state index < -0.39 is 29.1 Å². The number of benzene rings is 2. The number of halogens is 3. The number of carbonyl (C=O) groups is 2. The van der Waals surface area contributed by atoms with E-state index in [1.807, 2.05) is 19.1 Å².